The van der Waals surface area contributed by atoms with Crippen LogP contribution in [0.2, 0.25) is 0 Å². The number of anilines is 1. The maximum atomic E-state index is 13.0. The van der Waals surface area contributed by atoms with Crippen LogP contribution in [0.25, 0.3) is 32.6 Å². The van der Waals surface area contributed by atoms with Gasteiger partial charge in [0.2, 0.25) is 5.91 Å². The van der Waals surface area contributed by atoms with E-state index in [0.717, 1.165) is 43.2 Å². The Balaban J connectivity index is 1.47. The zero-order chi connectivity index (χ0) is 21.9. The summed E-state index contributed by atoms with van der Waals surface area (Å²) in [6.07, 6.45) is 7.68. The monoisotopic (exact) mass is 442 g/mol. The van der Waals surface area contributed by atoms with Gasteiger partial charge < -0.3 is 20.5 Å². The molecule has 0 saturated carbocycles. The maximum absolute atomic E-state index is 13.0. The number of hydrogen-bond acceptors (Lipinski definition) is 5. The molecule has 0 radical (unpaired) electrons. The number of rotatable bonds is 7. The summed E-state index contributed by atoms with van der Waals surface area (Å²) in [7, 11) is 0. The quantitative estimate of drug-likeness (QED) is 0.318. The van der Waals surface area contributed by atoms with Crippen molar-refractivity contribution in [2.24, 2.45) is 11.7 Å². The molecule has 5 aromatic rings. The maximum Gasteiger partial charge on any atom is 0.229 e. The van der Waals surface area contributed by atoms with Crippen molar-refractivity contribution in [2.75, 3.05) is 11.9 Å². The van der Waals surface area contributed by atoms with Crippen molar-refractivity contribution in [3.05, 3.63) is 85.1 Å². The van der Waals surface area contributed by atoms with Crippen LogP contribution >= 0.6 is 11.3 Å². The smallest absolute Gasteiger partial charge is 0.229 e. The zero-order valence-corrected chi connectivity index (χ0v) is 18.1. The number of H-pyrrole nitrogens is 1. The summed E-state index contributed by atoms with van der Waals surface area (Å²) in [5.41, 5.74) is 10.9. The van der Waals surface area contributed by atoms with Crippen LogP contribution < -0.4 is 11.1 Å². The van der Waals surface area contributed by atoms with Gasteiger partial charge in [0.15, 0.2) is 0 Å². The topological polar surface area (TPSA) is 96.9 Å². The van der Waals surface area contributed by atoms with E-state index in [0.29, 0.717) is 6.42 Å². The lowest BCUT2D eigenvalue weighted by Crippen LogP contribution is -2.30. The van der Waals surface area contributed by atoms with Crippen LogP contribution in [0, 0.1) is 5.92 Å². The van der Waals surface area contributed by atoms with Crippen LogP contribution in [-0.4, -0.2) is 22.4 Å². The van der Waals surface area contributed by atoms with E-state index in [9.17, 15) is 4.79 Å². The molecule has 6 nitrogen and oxygen atoms in total. The van der Waals surface area contributed by atoms with Crippen molar-refractivity contribution in [1.82, 2.24) is 9.97 Å². The number of carbonyl (C=O) groups is 1. The Morgan fingerprint density at radius 1 is 1.16 bits per heavy atom. The number of nitrogens with one attached hydrogen (secondary N) is 2. The fraction of sp³-hybridized carbons (Fsp3) is 0.120. The molecule has 4 aromatic heterocycles. The Morgan fingerprint density at radius 3 is 2.81 bits per heavy atom. The molecule has 1 aromatic carbocycles. The summed E-state index contributed by atoms with van der Waals surface area (Å²) in [6.45, 7) is 0.279. The van der Waals surface area contributed by atoms with Gasteiger partial charge in [-0.2, -0.15) is 0 Å². The van der Waals surface area contributed by atoms with Gasteiger partial charge in [-0.3, -0.25) is 4.79 Å². The van der Waals surface area contributed by atoms with E-state index in [2.05, 4.69) is 15.3 Å². The highest BCUT2D eigenvalue weighted by Crippen LogP contribution is 2.44. The number of fused-ring (bicyclic) bond motifs is 1. The number of amides is 1. The largest absolute Gasteiger partial charge is 0.472 e. The predicted molar refractivity (Wildman–Crippen MR) is 128 cm³/mol. The molecular formula is C25H22N4O2S. The molecule has 1 unspecified atom stereocenters. The summed E-state index contributed by atoms with van der Waals surface area (Å²) >= 11 is 1.52. The van der Waals surface area contributed by atoms with Gasteiger partial charge in [-0.1, -0.05) is 30.3 Å². The lowest BCUT2D eigenvalue weighted by molar-refractivity contribution is -0.119. The Kier molecular flexibility index (Phi) is 5.58. The second-order valence-corrected chi connectivity index (χ2v) is 8.63. The SMILES string of the molecule is NCC(Cc1ccccc1)C(=O)Nc1cc(-c2c[nH]c3ncccc23)c(-c2ccoc2)s1. The van der Waals surface area contributed by atoms with E-state index in [1.54, 1.807) is 18.7 Å². The van der Waals surface area contributed by atoms with Crippen LogP contribution in [-0.2, 0) is 11.2 Å². The number of benzene rings is 1. The number of pyridine rings is 1. The number of carbonyl (C=O) groups excluding carboxylic acids is 1. The Morgan fingerprint density at radius 2 is 2.03 bits per heavy atom. The summed E-state index contributed by atoms with van der Waals surface area (Å²) in [4.78, 5) is 21.7. The van der Waals surface area contributed by atoms with Crippen molar-refractivity contribution >= 4 is 33.3 Å². The highest BCUT2D eigenvalue weighted by molar-refractivity contribution is 7.20. The minimum Gasteiger partial charge on any atom is -0.472 e. The first-order valence-corrected chi connectivity index (χ1v) is 11.2. The lowest BCUT2D eigenvalue weighted by Gasteiger charge is -2.14. The van der Waals surface area contributed by atoms with E-state index >= 15 is 0 Å². The molecule has 1 atom stereocenters. The first-order valence-electron chi connectivity index (χ1n) is 10.4. The fourth-order valence-corrected chi connectivity index (χ4v) is 4.91. The first kappa shape index (κ1) is 20.2. The number of furan rings is 1. The molecule has 0 aliphatic rings. The molecule has 32 heavy (non-hydrogen) atoms. The number of hydrogen-bond donors (Lipinski definition) is 3. The van der Waals surface area contributed by atoms with E-state index in [4.69, 9.17) is 10.2 Å². The fourth-order valence-electron chi connectivity index (χ4n) is 3.84. The van der Waals surface area contributed by atoms with E-state index in [1.807, 2.05) is 60.8 Å². The highest BCUT2D eigenvalue weighted by atomic mass is 32.1. The zero-order valence-electron chi connectivity index (χ0n) is 17.2. The van der Waals surface area contributed by atoms with Crippen LogP contribution in [0.5, 0.6) is 0 Å². The second-order valence-electron chi connectivity index (χ2n) is 7.58. The third-order valence-corrected chi connectivity index (χ3v) is 6.58. The van der Waals surface area contributed by atoms with Crippen molar-refractivity contribution in [3.63, 3.8) is 0 Å². The van der Waals surface area contributed by atoms with Crippen LogP contribution in [0.4, 0.5) is 5.00 Å². The number of nitrogens with two attached hydrogens (primary N) is 1. The molecule has 7 heteroatoms. The summed E-state index contributed by atoms with van der Waals surface area (Å²) in [5, 5.41) is 4.88. The Bertz CT molecular complexity index is 1340. The second kappa shape index (κ2) is 8.82. The normalized spacial score (nSPS) is 12.2. The lowest BCUT2D eigenvalue weighted by atomic mass is 9.98. The molecular weight excluding hydrogens is 420 g/mol. The molecule has 0 bridgehead atoms. The van der Waals surface area contributed by atoms with E-state index in [1.165, 1.54) is 11.3 Å². The predicted octanol–water partition coefficient (Wildman–Crippen LogP) is 5.31. The van der Waals surface area contributed by atoms with E-state index in [-0.39, 0.29) is 18.4 Å². The standard InChI is InChI=1S/C25H22N4O2S/c26-13-18(11-16-5-2-1-3-6-16)25(30)29-22-12-20(23(32-22)17-8-10-31-15-17)21-14-28-24-19(21)7-4-9-27-24/h1-10,12,14-15,18H,11,13,26H2,(H,27,28)(H,29,30). The number of nitrogens with zero attached hydrogens (tertiary/aromatic N) is 1. The summed E-state index contributed by atoms with van der Waals surface area (Å²) in [6, 6.07) is 17.8. The van der Waals surface area contributed by atoms with Gasteiger partial charge in [0.05, 0.1) is 23.4 Å². The van der Waals surface area contributed by atoms with Crippen LogP contribution in [0.3, 0.4) is 0 Å². The number of aromatic nitrogens is 2. The van der Waals surface area contributed by atoms with Gasteiger partial charge in [-0.05, 0) is 36.2 Å². The third-order valence-electron chi connectivity index (χ3n) is 5.48. The van der Waals surface area contributed by atoms with Crippen LogP contribution in [0.15, 0.2) is 83.9 Å². The Labute approximate surface area is 189 Å². The molecule has 0 aliphatic carbocycles. The highest BCUT2D eigenvalue weighted by Gasteiger charge is 2.21. The minimum atomic E-state index is -0.308. The third kappa shape index (κ3) is 3.95. The first-order chi connectivity index (χ1) is 15.7. The molecule has 4 heterocycles. The van der Waals surface area contributed by atoms with Gasteiger partial charge >= 0.3 is 0 Å². The molecule has 0 spiro atoms. The minimum absolute atomic E-state index is 0.0801. The number of thiophene rings is 1. The van der Waals surface area contributed by atoms with Gasteiger partial charge in [0, 0.05) is 45.9 Å². The van der Waals surface area contributed by atoms with Gasteiger partial charge in [-0.15, -0.1) is 11.3 Å². The van der Waals surface area contributed by atoms with Gasteiger partial charge in [-0.25, -0.2) is 4.98 Å². The molecule has 1 amide bonds. The molecule has 0 fully saturated rings. The molecule has 4 N–H and O–H groups in total. The summed E-state index contributed by atoms with van der Waals surface area (Å²) in [5.74, 6) is -0.388. The van der Waals surface area contributed by atoms with Gasteiger partial charge in [0.25, 0.3) is 0 Å². The summed E-state index contributed by atoms with van der Waals surface area (Å²) < 4.78 is 5.32. The van der Waals surface area contributed by atoms with Crippen molar-refractivity contribution in [1.29, 1.82) is 0 Å². The van der Waals surface area contributed by atoms with E-state index < -0.39 is 0 Å². The average molecular weight is 443 g/mol. The van der Waals surface area contributed by atoms with Crippen molar-refractivity contribution in [3.8, 4) is 21.6 Å². The molecule has 0 aliphatic heterocycles. The van der Waals surface area contributed by atoms with Gasteiger partial charge in [0.1, 0.15) is 5.65 Å². The molecule has 5 rings (SSSR count). The Hall–Kier alpha value is -3.68. The van der Waals surface area contributed by atoms with Crippen molar-refractivity contribution < 1.29 is 9.21 Å². The van der Waals surface area contributed by atoms with Crippen molar-refractivity contribution in [2.45, 2.75) is 6.42 Å². The molecule has 0 saturated heterocycles. The number of aromatic amines is 1. The van der Waals surface area contributed by atoms with Crippen LogP contribution in [0.1, 0.15) is 5.56 Å². The average Bonchev–Trinajstić information content (AvgIpc) is 3.57. The molecule has 160 valence electrons.